The molecule has 0 radical (unpaired) electrons. The lowest BCUT2D eigenvalue weighted by Crippen LogP contribution is -2.52. The van der Waals surface area contributed by atoms with Crippen LogP contribution in [0.25, 0.3) is 0 Å². The van der Waals surface area contributed by atoms with Gasteiger partial charge < -0.3 is 20.3 Å². The Morgan fingerprint density at radius 2 is 1.75 bits per heavy atom. The quantitative estimate of drug-likeness (QED) is 0.716. The molecule has 1 heterocycles. The first-order valence-corrected chi connectivity index (χ1v) is 10.2. The third-order valence-corrected chi connectivity index (χ3v) is 5.56. The van der Waals surface area contributed by atoms with Crippen molar-refractivity contribution in [2.45, 2.75) is 39.7 Å². The number of rotatable bonds is 8. The highest BCUT2D eigenvalue weighted by Gasteiger charge is 2.27. The largest absolute Gasteiger partial charge is 0.379 e. The summed E-state index contributed by atoms with van der Waals surface area (Å²) in [7, 11) is 1.72. The number of amides is 3. The Labute approximate surface area is 168 Å². The molecule has 0 spiro atoms. The Hall–Kier alpha value is -2.12. The van der Waals surface area contributed by atoms with Crippen LogP contribution < -0.4 is 15.5 Å². The number of hydrogen-bond donors (Lipinski definition) is 2. The van der Waals surface area contributed by atoms with Gasteiger partial charge in [0.05, 0.1) is 13.2 Å². The van der Waals surface area contributed by atoms with Gasteiger partial charge in [0.25, 0.3) is 0 Å². The lowest BCUT2D eigenvalue weighted by atomic mass is 9.92. The SMILES string of the molecule is CCC(CC)C(CNC(=O)Nc1ccc(N(C)C(C)=O)cc1)N1CCOCC1. The van der Waals surface area contributed by atoms with Gasteiger partial charge in [0.2, 0.25) is 5.91 Å². The van der Waals surface area contributed by atoms with Crippen molar-refractivity contribution < 1.29 is 14.3 Å². The van der Waals surface area contributed by atoms with Crippen molar-refractivity contribution in [3.8, 4) is 0 Å². The minimum absolute atomic E-state index is 0.0333. The lowest BCUT2D eigenvalue weighted by molar-refractivity contribution is -0.116. The summed E-state index contributed by atoms with van der Waals surface area (Å²) in [6, 6.07) is 7.34. The Kier molecular flexibility index (Phi) is 8.73. The molecule has 0 bridgehead atoms. The highest BCUT2D eigenvalue weighted by atomic mass is 16.5. The van der Waals surface area contributed by atoms with E-state index in [4.69, 9.17) is 4.74 Å². The summed E-state index contributed by atoms with van der Waals surface area (Å²) in [4.78, 5) is 27.8. The molecule has 2 rings (SSSR count). The summed E-state index contributed by atoms with van der Waals surface area (Å²) in [5.41, 5.74) is 1.49. The van der Waals surface area contributed by atoms with E-state index in [0.717, 1.165) is 44.8 Å². The summed E-state index contributed by atoms with van der Waals surface area (Å²) in [5.74, 6) is 0.508. The van der Waals surface area contributed by atoms with E-state index in [1.165, 1.54) is 6.92 Å². The van der Waals surface area contributed by atoms with Crippen LogP contribution in [0.1, 0.15) is 33.6 Å². The normalized spacial score (nSPS) is 15.9. The van der Waals surface area contributed by atoms with Gasteiger partial charge >= 0.3 is 6.03 Å². The highest BCUT2D eigenvalue weighted by Crippen LogP contribution is 2.20. The molecule has 28 heavy (non-hydrogen) atoms. The molecule has 1 unspecified atom stereocenters. The van der Waals surface area contributed by atoms with Crippen LogP contribution in [0.5, 0.6) is 0 Å². The molecule has 1 saturated heterocycles. The van der Waals surface area contributed by atoms with E-state index >= 15 is 0 Å². The Morgan fingerprint density at radius 3 is 2.29 bits per heavy atom. The zero-order valence-corrected chi connectivity index (χ0v) is 17.5. The fraction of sp³-hybridized carbons (Fsp3) is 0.619. The van der Waals surface area contributed by atoms with Crippen LogP contribution in [0.3, 0.4) is 0 Å². The van der Waals surface area contributed by atoms with E-state index < -0.39 is 0 Å². The van der Waals surface area contributed by atoms with Crippen molar-refractivity contribution in [2.75, 3.05) is 50.1 Å². The fourth-order valence-electron chi connectivity index (χ4n) is 3.66. The first kappa shape index (κ1) is 22.2. The Bertz CT molecular complexity index is 625. The van der Waals surface area contributed by atoms with Crippen molar-refractivity contribution in [3.63, 3.8) is 0 Å². The number of carbonyl (C=O) groups is 2. The third-order valence-electron chi connectivity index (χ3n) is 5.56. The van der Waals surface area contributed by atoms with Gasteiger partial charge in [-0.25, -0.2) is 4.79 Å². The number of anilines is 2. The Balaban J connectivity index is 1.92. The van der Waals surface area contributed by atoms with E-state index in [2.05, 4.69) is 29.4 Å². The van der Waals surface area contributed by atoms with E-state index in [0.29, 0.717) is 24.2 Å². The lowest BCUT2D eigenvalue weighted by Gasteiger charge is -2.38. The molecule has 1 aromatic carbocycles. The zero-order valence-electron chi connectivity index (χ0n) is 17.5. The van der Waals surface area contributed by atoms with Crippen molar-refractivity contribution in [1.82, 2.24) is 10.2 Å². The van der Waals surface area contributed by atoms with Crippen LogP contribution in [-0.2, 0) is 9.53 Å². The van der Waals surface area contributed by atoms with Gasteiger partial charge in [-0.2, -0.15) is 0 Å². The van der Waals surface area contributed by atoms with Crippen molar-refractivity contribution in [3.05, 3.63) is 24.3 Å². The molecular formula is C21H34N4O3. The van der Waals surface area contributed by atoms with Gasteiger partial charge in [0, 0.05) is 51.0 Å². The van der Waals surface area contributed by atoms with Crippen LogP contribution in [-0.4, -0.2) is 62.8 Å². The predicted molar refractivity (Wildman–Crippen MR) is 113 cm³/mol. The third kappa shape index (κ3) is 6.21. The van der Waals surface area contributed by atoms with E-state index in [1.54, 1.807) is 24.1 Å². The topological polar surface area (TPSA) is 73.9 Å². The number of nitrogens with zero attached hydrogens (tertiary/aromatic N) is 2. The highest BCUT2D eigenvalue weighted by molar-refractivity contribution is 5.92. The Morgan fingerprint density at radius 1 is 1.14 bits per heavy atom. The summed E-state index contributed by atoms with van der Waals surface area (Å²) in [5, 5.41) is 5.91. The van der Waals surface area contributed by atoms with Gasteiger partial charge in [-0.15, -0.1) is 0 Å². The summed E-state index contributed by atoms with van der Waals surface area (Å²) >= 11 is 0. The molecule has 1 atom stereocenters. The van der Waals surface area contributed by atoms with E-state index in [1.807, 2.05) is 12.1 Å². The molecule has 1 aliphatic rings. The second-order valence-electron chi connectivity index (χ2n) is 7.25. The van der Waals surface area contributed by atoms with E-state index in [9.17, 15) is 9.59 Å². The molecule has 0 saturated carbocycles. The van der Waals surface area contributed by atoms with Gasteiger partial charge in [-0.1, -0.05) is 26.7 Å². The number of nitrogens with one attached hydrogen (secondary N) is 2. The average Bonchev–Trinajstić information content (AvgIpc) is 2.71. The summed E-state index contributed by atoms with van der Waals surface area (Å²) in [6.07, 6.45) is 2.18. The number of benzene rings is 1. The molecule has 156 valence electrons. The van der Waals surface area contributed by atoms with Gasteiger partial charge in [0.1, 0.15) is 0 Å². The van der Waals surface area contributed by atoms with Crippen LogP contribution >= 0.6 is 0 Å². The van der Waals surface area contributed by atoms with Crippen molar-refractivity contribution >= 4 is 23.3 Å². The molecule has 7 nitrogen and oxygen atoms in total. The molecule has 3 amide bonds. The number of ether oxygens (including phenoxy) is 1. The summed E-state index contributed by atoms with van der Waals surface area (Å²) < 4.78 is 5.48. The van der Waals surface area contributed by atoms with Gasteiger partial charge in [-0.3, -0.25) is 9.69 Å². The monoisotopic (exact) mass is 390 g/mol. The predicted octanol–water partition coefficient (Wildman–Crippen LogP) is 2.93. The van der Waals surface area contributed by atoms with Crippen LogP contribution in [0.15, 0.2) is 24.3 Å². The smallest absolute Gasteiger partial charge is 0.319 e. The number of morpholine rings is 1. The van der Waals surface area contributed by atoms with Gasteiger partial charge in [-0.05, 0) is 30.2 Å². The molecule has 1 aromatic rings. The number of carbonyl (C=O) groups excluding carboxylic acids is 2. The second kappa shape index (κ2) is 11.0. The summed E-state index contributed by atoms with van der Waals surface area (Å²) in [6.45, 7) is 9.88. The zero-order chi connectivity index (χ0) is 20.5. The van der Waals surface area contributed by atoms with Gasteiger partial charge in [0.15, 0.2) is 0 Å². The molecule has 7 heteroatoms. The average molecular weight is 391 g/mol. The van der Waals surface area contributed by atoms with Crippen LogP contribution in [0.4, 0.5) is 16.2 Å². The molecule has 1 fully saturated rings. The maximum Gasteiger partial charge on any atom is 0.319 e. The number of urea groups is 1. The molecule has 1 aliphatic heterocycles. The van der Waals surface area contributed by atoms with Crippen LogP contribution in [0.2, 0.25) is 0 Å². The second-order valence-corrected chi connectivity index (χ2v) is 7.25. The maximum absolute atomic E-state index is 12.4. The van der Waals surface area contributed by atoms with Crippen molar-refractivity contribution in [1.29, 1.82) is 0 Å². The molecule has 0 aliphatic carbocycles. The molecule has 0 aromatic heterocycles. The molecule has 2 N–H and O–H groups in total. The molecular weight excluding hydrogens is 356 g/mol. The maximum atomic E-state index is 12.4. The van der Waals surface area contributed by atoms with Crippen molar-refractivity contribution in [2.24, 2.45) is 5.92 Å². The van der Waals surface area contributed by atoms with E-state index in [-0.39, 0.29) is 11.9 Å². The minimum Gasteiger partial charge on any atom is -0.379 e. The fourth-order valence-corrected chi connectivity index (χ4v) is 3.66. The minimum atomic E-state index is -0.211. The van der Waals surface area contributed by atoms with Crippen LogP contribution in [0, 0.1) is 5.92 Å². The first-order valence-electron chi connectivity index (χ1n) is 10.2. The number of hydrogen-bond acceptors (Lipinski definition) is 4. The first-order chi connectivity index (χ1) is 13.5. The standard InChI is InChI=1S/C21H34N4O3/c1-5-17(6-2)20(25-11-13-28-14-12-25)15-22-21(27)23-18-7-9-19(10-8-18)24(4)16(3)26/h7-10,17,20H,5-6,11-15H2,1-4H3,(H2,22,23,27).